The summed E-state index contributed by atoms with van der Waals surface area (Å²) in [6, 6.07) is 9.72. The number of pyridine rings is 1. The van der Waals surface area contributed by atoms with Crippen molar-refractivity contribution in [1.82, 2.24) is 4.57 Å². The van der Waals surface area contributed by atoms with E-state index in [0.29, 0.717) is 11.9 Å². The summed E-state index contributed by atoms with van der Waals surface area (Å²) < 4.78 is 15.4. The molecule has 0 amide bonds. The molecule has 0 aliphatic carbocycles. The summed E-state index contributed by atoms with van der Waals surface area (Å²) in [5, 5.41) is 9.16. The van der Waals surface area contributed by atoms with Gasteiger partial charge in [0.05, 0.1) is 10.5 Å². The molecule has 0 bridgehead atoms. The third-order valence-electron chi connectivity index (χ3n) is 3.91. The number of para-hydroxylation sites is 1. The number of halogens is 2. The summed E-state index contributed by atoms with van der Waals surface area (Å²) in [5.74, 6) is -2.13. The lowest BCUT2D eigenvalue weighted by Crippen LogP contribution is -2.19. The Labute approximate surface area is 141 Å². The van der Waals surface area contributed by atoms with Gasteiger partial charge in [-0.15, -0.1) is 0 Å². The fraction of sp³-hybridized carbons (Fsp3) is 0.111. The Morgan fingerprint density at radius 3 is 2.67 bits per heavy atom. The number of carboxylic acid groups (broad SMARTS) is 1. The van der Waals surface area contributed by atoms with E-state index in [1.165, 1.54) is 12.3 Å². The average Bonchev–Trinajstić information content (AvgIpc) is 2.57. The van der Waals surface area contributed by atoms with Crippen LogP contribution in [0, 0.1) is 5.82 Å². The Morgan fingerprint density at radius 1 is 1.29 bits per heavy atom. The van der Waals surface area contributed by atoms with Gasteiger partial charge < -0.3 is 9.67 Å². The van der Waals surface area contributed by atoms with Gasteiger partial charge in [0.15, 0.2) is 0 Å². The molecule has 0 unspecified atom stereocenters. The third kappa shape index (κ3) is 2.57. The summed E-state index contributed by atoms with van der Waals surface area (Å²) in [4.78, 5) is 23.8. The maximum absolute atomic E-state index is 13.8. The second-order valence-corrected chi connectivity index (χ2v) is 5.72. The van der Waals surface area contributed by atoms with E-state index in [0.717, 1.165) is 17.3 Å². The van der Waals surface area contributed by atoms with Crippen molar-refractivity contribution in [3.63, 3.8) is 0 Å². The van der Waals surface area contributed by atoms with E-state index in [1.54, 1.807) is 4.57 Å². The molecule has 0 saturated carbocycles. The molecule has 3 rings (SSSR count). The maximum Gasteiger partial charge on any atom is 0.341 e. The lowest BCUT2D eigenvalue weighted by Gasteiger charge is -2.16. The number of nitrogens with zero attached hydrogens (tertiary/aromatic N) is 1. The van der Waals surface area contributed by atoms with Crippen molar-refractivity contribution in [1.29, 1.82) is 0 Å². The Kier molecular flexibility index (Phi) is 4.11. The predicted octanol–water partition coefficient (Wildman–Crippen LogP) is 4.04. The monoisotopic (exact) mass is 345 g/mol. The second-order valence-electron chi connectivity index (χ2n) is 5.31. The normalized spacial score (nSPS) is 11.0. The van der Waals surface area contributed by atoms with Gasteiger partial charge in [-0.05, 0) is 30.2 Å². The number of benzene rings is 2. The van der Waals surface area contributed by atoms with Crippen LogP contribution in [-0.4, -0.2) is 15.6 Å². The fourth-order valence-electron chi connectivity index (χ4n) is 2.72. The van der Waals surface area contributed by atoms with Crippen LogP contribution < -0.4 is 5.43 Å². The van der Waals surface area contributed by atoms with Crippen LogP contribution in [0.3, 0.4) is 0 Å². The topological polar surface area (TPSA) is 59.3 Å². The quantitative estimate of drug-likeness (QED) is 0.779. The Morgan fingerprint density at radius 2 is 2.00 bits per heavy atom. The molecule has 0 radical (unpaired) electrons. The minimum Gasteiger partial charge on any atom is -0.477 e. The van der Waals surface area contributed by atoms with Crippen LogP contribution in [0.15, 0.2) is 47.4 Å². The van der Waals surface area contributed by atoms with Crippen LogP contribution in [0.1, 0.15) is 22.8 Å². The van der Waals surface area contributed by atoms with E-state index in [2.05, 4.69) is 0 Å². The number of fused-ring (bicyclic) bond motifs is 1. The SMILES string of the molecule is CCc1ccccc1-n1cc(C(=O)O)c(=O)c2cc(F)c(Cl)cc21. The smallest absolute Gasteiger partial charge is 0.341 e. The highest BCUT2D eigenvalue weighted by Crippen LogP contribution is 2.25. The number of rotatable bonds is 3. The molecule has 6 heteroatoms. The summed E-state index contributed by atoms with van der Waals surface area (Å²) >= 11 is 5.87. The van der Waals surface area contributed by atoms with Gasteiger partial charge in [-0.1, -0.05) is 36.7 Å². The second kappa shape index (κ2) is 6.09. The molecule has 2 aromatic carbocycles. The molecule has 1 N–H and O–H groups in total. The van der Waals surface area contributed by atoms with E-state index in [1.807, 2.05) is 31.2 Å². The molecule has 24 heavy (non-hydrogen) atoms. The van der Waals surface area contributed by atoms with Gasteiger partial charge in [-0.2, -0.15) is 0 Å². The van der Waals surface area contributed by atoms with Crippen LogP contribution in [0.5, 0.6) is 0 Å². The van der Waals surface area contributed by atoms with Crippen LogP contribution in [-0.2, 0) is 6.42 Å². The van der Waals surface area contributed by atoms with Crippen molar-refractivity contribution < 1.29 is 14.3 Å². The molecule has 3 aromatic rings. The van der Waals surface area contributed by atoms with E-state index in [-0.39, 0.29) is 10.4 Å². The molecule has 0 aliphatic heterocycles. The van der Waals surface area contributed by atoms with Gasteiger partial charge in [0, 0.05) is 17.3 Å². The van der Waals surface area contributed by atoms with E-state index in [9.17, 15) is 19.1 Å². The lowest BCUT2D eigenvalue weighted by atomic mass is 10.1. The predicted molar refractivity (Wildman–Crippen MR) is 90.9 cm³/mol. The zero-order chi connectivity index (χ0) is 17.4. The molecule has 4 nitrogen and oxygen atoms in total. The Balaban J connectivity index is 2.51. The first-order valence-electron chi connectivity index (χ1n) is 7.30. The first-order chi connectivity index (χ1) is 11.4. The highest BCUT2D eigenvalue weighted by molar-refractivity contribution is 6.31. The lowest BCUT2D eigenvalue weighted by molar-refractivity contribution is 0.0695. The molecular weight excluding hydrogens is 333 g/mol. The summed E-state index contributed by atoms with van der Waals surface area (Å²) in [5.41, 5.74) is 0.875. The maximum atomic E-state index is 13.8. The number of carboxylic acids is 1. The van der Waals surface area contributed by atoms with Crippen LogP contribution in [0.25, 0.3) is 16.6 Å². The van der Waals surface area contributed by atoms with Gasteiger partial charge in [-0.3, -0.25) is 4.79 Å². The minimum absolute atomic E-state index is 0.0253. The number of aromatic nitrogens is 1. The van der Waals surface area contributed by atoms with Crippen molar-refractivity contribution in [2.45, 2.75) is 13.3 Å². The highest BCUT2D eigenvalue weighted by atomic mass is 35.5. The molecule has 0 spiro atoms. The largest absolute Gasteiger partial charge is 0.477 e. The standard InChI is InChI=1S/C18H13ClFNO3/c1-2-10-5-3-4-6-15(10)21-9-12(18(23)24)17(22)11-7-14(20)13(19)8-16(11)21/h3-9H,2H2,1H3,(H,23,24). The Bertz CT molecular complexity index is 1030. The molecule has 1 heterocycles. The van der Waals surface area contributed by atoms with Crippen molar-refractivity contribution in [2.75, 3.05) is 0 Å². The highest BCUT2D eigenvalue weighted by Gasteiger charge is 2.18. The summed E-state index contributed by atoms with van der Waals surface area (Å²) in [7, 11) is 0. The molecule has 0 saturated heterocycles. The van der Waals surface area contributed by atoms with E-state index >= 15 is 0 Å². The van der Waals surface area contributed by atoms with Crippen molar-refractivity contribution in [2.24, 2.45) is 0 Å². The zero-order valence-electron chi connectivity index (χ0n) is 12.7. The first kappa shape index (κ1) is 16.2. The molecular formula is C18H13ClFNO3. The van der Waals surface area contributed by atoms with Crippen LogP contribution >= 0.6 is 11.6 Å². The minimum atomic E-state index is -1.36. The fourth-order valence-corrected chi connectivity index (χ4v) is 2.87. The molecule has 0 atom stereocenters. The molecule has 0 aliphatic rings. The van der Waals surface area contributed by atoms with Crippen molar-refractivity contribution in [3.05, 3.63) is 74.8 Å². The average molecular weight is 346 g/mol. The van der Waals surface area contributed by atoms with Crippen molar-refractivity contribution >= 4 is 28.5 Å². The van der Waals surface area contributed by atoms with Crippen LogP contribution in [0.4, 0.5) is 4.39 Å². The number of aromatic carboxylic acids is 1. The van der Waals surface area contributed by atoms with Gasteiger partial charge >= 0.3 is 5.97 Å². The number of hydrogen-bond acceptors (Lipinski definition) is 2. The van der Waals surface area contributed by atoms with E-state index < -0.39 is 22.8 Å². The molecule has 122 valence electrons. The van der Waals surface area contributed by atoms with Gasteiger partial charge in [0.1, 0.15) is 11.4 Å². The first-order valence-corrected chi connectivity index (χ1v) is 7.67. The molecule has 1 aromatic heterocycles. The van der Waals surface area contributed by atoms with Gasteiger partial charge in [0.2, 0.25) is 5.43 Å². The van der Waals surface area contributed by atoms with Gasteiger partial charge in [0.25, 0.3) is 0 Å². The number of hydrogen-bond donors (Lipinski definition) is 1. The van der Waals surface area contributed by atoms with Gasteiger partial charge in [-0.25, -0.2) is 9.18 Å². The number of aryl methyl sites for hydroxylation is 1. The third-order valence-corrected chi connectivity index (χ3v) is 4.20. The summed E-state index contributed by atoms with van der Waals surface area (Å²) in [6.45, 7) is 1.97. The Hall–Kier alpha value is -2.66. The summed E-state index contributed by atoms with van der Waals surface area (Å²) in [6.07, 6.45) is 1.97. The van der Waals surface area contributed by atoms with Crippen molar-refractivity contribution in [3.8, 4) is 5.69 Å². The number of carbonyl (C=O) groups is 1. The zero-order valence-corrected chi connectivity index (χ0v) is 13.5. The molecule has 0 fully saturated rings. The van der Waals surface area contributed by atoms with Crippen LogP contribution in [0.2, 0.25) is 5.02 Å². The van der Waals surface area contributed by atoms with E-state index in [4.69, 9.17) is 11.6 Å².